The molecule has 0 atom stereocenters. The SMILES string of the molecule is C=CCOC(=O)CCC/C=C/CC/C=C/C=C/C/C=C/C/C=C/CC. The zero-order valence-corrected chi connectivity index (χ0v) is 15.7. The Morgan fingerprint density at radius 3 is 2.24 bits per heavy atom. The maximum absolute atomic E-state index is 11.2. The van der Waals surface area contributed by atoms with Gasteiger partial charge in [-0.25, -0.2) is 0 Å². The van der Waals surface area contributed by atoms with Gasteiger partial charge in [-0.1, -0.05) is 80.3 Å². The van der Waals surface area contributed by atoms with Crippen LogP contribution >= 0.6 is 0 Å². The third-order valence-electron chi connectivity index (χ3n) is 3.28. The van der Waals surface area contributed by atoms with E-state index in [1.165, 1.54) is 0 Å². The highest BCUT2D eigenvalue weighted by Gasteiger charge is 1.99. The molecule has 0 aromatic rings. The number of rotatable bonds is 15. The Bertz CT molecular complexity index is 464. The first-order valence-corrected chi connectivity index (χ1v) is 9.34. The lowest BCUT2D eigenvalue weighted by Gasteiger charge is -1.99. The van der Waals surface area contributed by atoms with Crippen LogP contribution in [-0.2, 0) is 9.53 Å². The molecule has 138 valence electrons. The Morgan fingerprint density at radius 1 is 0.840 bits per heavy atom. The van der Waals surface area contributed by atoms with E-state index in [0.717, 1.165) is 44.9 Å². The molecule has 2 nitrogen and oxygen atoms in total. The Kier molecular flexibility index (Phi) is 18.3. The topological polar surface area (TPSA) is 26.3 Å². The maximum Gasteiger partial charge on any atom is 0.306 e. The van der Waals surface area contributed by atoms with E-state index in [2.05, 4.69) is 74.3 Å². The average Bonchev–Trinajstić information content (AvgIpc) is 2.62. The van der Waals surface area contributed by atoms with E-state index in [-0.39, 0.29) is 5.97 Å². The minimum atomic E-state index is -0.143. The first kappa shape index (κ1) is 22.9. The summed E-state index contributed by atoms with van der Waals surface area (Å²) in [6.45, 7) is 5.97. The van der Waals surface area contributed by atoms with Crippen LogP contribution < -0.4 is 0 Å². The van der Waals surface area contributed by atoms with Gasteiger partial charge >= 0.3 is 5.97 Å². The minimum Gasteiger partial charge on any atom is -0.461 e. The van der Waals surface area contributed by atoms with Crippen molar-refractivity contribution in [3.8, 4) is 0 Å². The number of allylic oxidation sites excluding steroid dienone is 10. The monoisotopic (exact) mass is 342 g/mol. The number of hydrogen-bond acceptors (Lipinski definition) is 2. The number of carbonyl (C=O) groups excluding carboxylic acids is 1. The van der Waals surface area contributed by atoms with Gasteiger partial charge in [0.05, 0.1) is 0 Å². The summed E-state index contributed by atoms with van der Waals surface area (Å²) in [6.07, 6.45) is 30.7. The highest BCUT2D eigenvalue weighted by Crippen LogP contribution is 2.01. The Hall–Kier alpha value is -2.09. The highest BCUT2D eigenvalue weighted by molar-refractivity contribution is 5.69. The lowest BCUT2D eigenvalue weighted by molar-refractivity contribution is -0.142. The van der Waals surface area contributed by atoms with Crippen LogP contribution in [-0.4, -0.2) is 12.6 Å². The summed E-state index contributed by atoms with van der Waals surface area (Å²) in [6, 6.07) is 0. The third kappa shape index (κ3) is 19.9. The number of esters is 1. The normalized spacial score (nSPS) is 12.4. The van der Waals surface area contributed by atoms with Crippen LogP contribution in [0.4, 0.5) is 0 Å². The van der Waals surface area contributed by atoms with Crippen molar-refractivity contribution in [2.75, 3.05) is 6.61 Å². The molecule has 0 rings (SSSR count). The Balaban J connectivity index is 3.50. The van der Waals surface area contributed by atoms with Gasteiger partial charge in [-0.2, -0.15) is 0 Å². The van der Waals surface area contributed by atoms with Gasteiger partial charge in [-0.15, -0.1) is 0 Å². The molecule has 0 aliphatic rings. The molecular formula is C23H34O2. The largest absolute Gasteiger partial charge is 0.461 e. The van der Waals surface area contributed by atoms with Crippen LogP contribution in [0.15, 0.2) is 73.4 Å². The first-order chi connectivity index (χ1) is 12.3. The average molecular weight is 343 g/mol. The van der Waals surface area contributed by atoms with Crippen molar-refractivity contribution in [1.29, 1.82) is 0 Å². The summed E-state index contributed by atoms with van der Waals surface area (Å²) in [5, 5.41) is 0. The molecule has 0 aliphatic heterocycles. The van der Waals surface area contributed by atoms with Crippen LogP contribution in [0.1, 0.15) is 58.3 Å². The molecular weight excluding hydrogens is 308 g/mol. The molecule has 0 fully saturated rings. The number of carbonyl (C=O) groups is 1. The lowest BCUT2D eigenvalue weighted by atomic mass is 10.2. The van der Waals surface area contributed by atoms with Crippen molar-refractivity contribution in [1.82, 2.24) is 0 Å². The van der Waals surface area contributed by atoms with Crippen molar-refractivity contribution in [3.05, 3.63) is 73.4 Å². The van der Waals surface area contributed by atoms with Crippen molar-refractivity contribution >= 4 is 5.97 Å². The van der Waals surface area contributed by atoms with Gasteiger partial charge in [0.15, 0.2) is 0 Å². The van der Waals surface area contributed by atoms with Crippen molar-refractivity contribution in [2.24, 2.45) is 0 Å². The van der Waals surface area contributed by atoms with Crippen LogP contribution in [0.3, 0.4) is 0 Å². The van der Waals surface area contributed by atoms with Crippen molar-refractivity contribution in [3.63, 3.8) is 0 Å². The summed E-state index contributed by atoms with van der Waals surface area (Å²) in [5.41, 5.74) is 0. The van der Waals surface area contributed by atoms with Gasteiger partial charge in [-0.05, 0) is 44.9 Å². The van der Waals surface area contributed by atoms with E-state index >= 15 is 0 Å². The second-order valence-corrected chi connectivity index (χ2v) is 5.59. The highest BCUT2D eigenvalue weighted by atomic mass is 16.5. The van der Waals surface area contributed by atoms with Gasteiger partial charge in [0.2, 0.25) is 0 Å². The summed E-state index contributed by atoms with van der Waals surface area (Å²) < 4.78 is 4.92. The van der Waals surface area contributed by atoms with Crippen LogP contribution in [0, 0.1) is 0 Å². The molecule has 0 unspecified atom stereocenters. The standard InChI is InChI=1S/C23H34O2/c1-3-5-6-7-8-9-10-11-12-13-14-15-16-17-18-19-20-21-23(24)25-22-4-2/h4-6,8-9,11-14,17-18H,2-3,7,10,15-16,19-22H2,1H3/b6-5+,9-8+,12-11+,14-13+,18-17+. The minimum absolute atomic E-state index is 0.143. The third-order valence-corrected chi connectivity index (χ3v) is 3.28. The predicted molar refractivity (Wildman–Crippen MR) is 109 cm³/mol. The van der Waals surface area contributed by atoms with Gasteiger partial charge in [0.25, 0.3) is 0 Å². The molecule has 0 aromatic carbocycles. The molecule has 0 radical (unpaired) electrons. The molecule has 2 heteroatoms. The second-order valence-electron chi connectivity index (χ2n) is 5.59. The van der Waals surface area contributed by atoms with Gasteiger partial charge in [-0.3, -0.25) is 4.79 Å². The Morgan fingerprint density at radius 2 is 1.48 bits per heavy atom. The number of hydrogen-bond donors (Lipinski definition) is 0. The molecule has 0 aliphatic carbocycles. The van der Waals surface area contributed by atoms with Crippen LogP contribution in [0.25, 0.3) is 0 Å². The summed E-state index contributed by atoms with van der Waals surface area (Å²) in [5.74, 6) is -0.143. The quantitative estimate of drug-likeness (QED) is 0.144. The van der Waals surface area contributed by atoms with Crippen molar-refractivity contribution < 1.29 is 9.53 Å². The van der Waals surface area contributed by atoms with E-state index in [9.17, 15) is 4.79 Å². The molecule has 25 heavy (non-hydrogen) atoms. The summed E-state index contributed by atoms with van der Waals surface area (Å²) >= 11 is 0. The first-order valence-electron chi connectivity index (χ1n) is 9.34. The Labute approximate surface area is 154 Å². The number of ether oxygens (including phenoxy) is 1. The molecule has 0 spiro atoms. The summed E-state index contributed by atoms with van der Waals surface area (Å²) in [7, 11) is 0. The molecule has 0 amide bonds. The summed E-state index contributed by atoms with van der Waals surface area (Å²) in [4.78, 5) is 11.2. The lowest BCUT2D eigenvalue weighted by Crippen LogP contribution is -2.03. The van der Waals surface area contributed by atoms with E-state index in [4.69, 9.17) is 4.74 Å². The molecule has 0 saturated carbocycles. The number of unbranched alkanes of at least 4 members (excludes halogenated alkanes) is 2. The zero-order valence-electron chi connectivity index (χ0n) is 15.7. The predicted octanol–water partition coefficient (Wildman–Crippen LogP) is 6.64. The van der Waals surface area contributed by atoms with Crippen LogP contribution in [0.5, 0.6) is 0 Å². The van der Waals surface area contributed by atoms with E-state index in [0.29, 0.717) is 13.0 Å². The van der Waals surface area contributed by atoms with Crippen LogP contribution in [0.2, 0.25) is 0 Å². The molecule has 0 saturated heterocycles. The smallest absolute Gasteiger partial charge is 0.306 e. The fourth-order valence-electron chi connectivity index (χ4n) is 1.96. The fourth-order valence-corrected chi connectivity index (χ4v) is 1.96. The molecule has 0 heterocycles. The second kappa shape index (κ2) is 20.0. The van der Waals surface area contributed by atoms with Gasteiger partial charge in [0, 0.05) is 6.42 Å². The van der Waals surface area contributed by atoms with Crippen molar-refractivity contribution in [2.45, 2.75) is 58.3 Å². The van der Waals surface area contributed by atoms with E-state index in [1.54, 1.807) is 6.08 Å². The molecule has 0 N–H and O–H groups in total. The van der Waals surface area contributed by atoms with Gasteiger partial charge < -0.3 is 4.74 Å². The maximum atomic E-state index is 11.2. The van der Waals surface area contributed by atoms with E-state index < -0.39 is 0 Å². The molecule has 0 aromatic heterocycles. The van der Waals surface area contributed by atoms with Gasteiger partial charge in [0.1, 0.15) is 6.61 Å². The zero-order chi connectivity index (χ0) is 18.4. The molecule has 0 bridgehead atoms. The van der Waals surface area contributed by atoms with E-state index in [1.807, 2.05) is 0 Å². The fraction of sp³-hybridized carbons (Fsp3) is 0.435.